The van der Waals surface area contributed by atoms with Crippen LogP contribution in [0, 0.1) is 14.3 Å². The first-order chi connectivity index (χ1) is 8.06. The van der Waals surface area contributed by atoms with Gasteiger partial charge in [0, 0.05) is 36.1 Å². The summed E-state index contributed by atoms with van der Waals surface area (Å²) in [7, 11) is 0. The van der Waals surface area contributed by atoms with Gasteiger partial charge >= 0.3 is 0 Å². The molecule has 0 bridgehead atoms. The van der Waals surface area contributed by atoms with E-state index in [-0.39, 0.29) is 0 Å². The van der Waals surface area contributed by atoms with Gasteiger partial charge in [-0.25, -0.2) is 0 Å². The van der Waals surface area contributed by atoms with Crippen molar-refractivity contribution in [2.45, 2.75) is 0 Å². The highest BCUT2D eigenvalue weighted by molar-refractivity contribution is 14.1. The average Bonchev–Trinajstić information content (AvgIpc) is 2.58. The van der Waals surface area contributed by atoms with E-state index in [0.717, 1.165) is 0 Å². The van der Waals surface area contributed by atoms with Gasteiger partial charge in [0.15, 0.2) is 0 Å². The first kappa shape index (κ1) is 13.2. The Labute approximate surface area is 153 Å². The molecule has 0 aliphatic rings. The second-order valence-corrected chi connectivity index (χ2v) is 8.40. The van der Waals surface area contributed by atoms with Crippen molar-refractivity contribution < 1.29 is 0 Å². The molecule has 5 heteroatoms. The Bertz CT molecular complexity index is 683. The summed E-state index contributed by atoms with van der Waals surface area (Å²) >= 11 is 9.55. The number of aromatic nitrogens is 1. The monoisotopic (exact) mass is 671 g/mol. The zero-order valence-electron chi connectivity index (χ0n) is 8.32. The molecule has 0 amide bonds. The standard InChI is InChI=1S/C12H5I4N/c13-7-1-5-6-2-8(14)10(16)4-12(6)17-11(5)3-9(7)15/h1-4,17H. The minimum absolute atomic E-state index is 1.22. The summed E-state index contributed by atoms with van der Waals surface area (Å²) in [4.78, 5) is 3.50. The van der Waals surface area contributed by atoms with E-state index in [4.69, 9.17) is 0 Å². The van der Waals surface area contributed by atoms with Gasteiger partial charge in [-0.05, 0) is 115 Å². The molecule has 1 heterocycles. The van der Waals surface area contributed by atoms with Gasteiger partial charge in [0.05, 0.1) is 0 Å². The predicted molar refractivity (Wildman–Crippen MR) is 107 cm³/mol. The summed E-state index contributed by atoms with van der Waals surface area (Å²) < 4.78 is 5.22. The van der Waals surface area contributed by atoms with Crippen LogP contribution in [-0.4, -0.2) is 4.98 Å². The van der Waals surface area contributed by atoms with Crippen molar-refractivity contribution in [2.24, 2.45) is 0 Å². The number of hydrogen-bond donors (Lipinski definition) is 1. The Morgan fingerprint density at radius 1 is 0.588 bits per heavy atom. The molecule has 2 aromatic carbocycles. The zero-order chi connectivity index (χ0) is 12.2. The van der Waals surface area contributed by atoms with Gasteiger partial charge in [-0.2, -0.15) is 0 Å². The Kier molecular flexibility index (Phi) is 3.81. The lowest BCUT2D eigenvalue weighted by atomic mass is 10.2. The van der Waals surface area contributed by atoms with Gasteiger partial charge in [-0.1, -0.05) is 0 Å². The van der Waals surface area contributed by atoms with Gasteiger partial charge in [0.2, 0.25) is 0 Å². The molecule has 0 radical (unpaired) electrons. The third-order valence-corrected chi connectivity index (χ3v) is 8.31. The number of H-pyrrole nitrogens is 1. The summed E-state index contributed by atoms with van der Waals surface area (Å²) in [5.41, 5.74) is 2.45. The lowest BCUT2D eigenvalue weighted by Gasteiger charge is -1.98. The van der Waals surface area contributed by atoms with Crippen LogP contribution in [0.15, 0.2) is 24.3 Å². The van der Waals surface area contributed by atoms with Crippen LogP contribution in [0.3, 0.4) is 0 Å². The Balaban J connectivity index is 2.51. The molecule has 3 rings (SSSR count). The Morgan fingerprint density at radius 3 is 1.35 bits per heavy atom. The number of nitrogens with one attached hydrogen (secondary N) is 1. The van der Waals surface area contributed by atoms with Crippen LogP contribution in [0.1, 0.15) is 0 Å². The van der Waals surface area contributed by atoms with E-state index in [1.165, 1.54) is 36.1 Å². The van der Waals surface area contributed by atoms with Gasteiger partial charge in [-0.3, -0.25) is 0 Å². The third kappa shape index (κ3) is 2.33. The third-order valence-electron chi connectivity index (χ3n) is 2.68. The molecular formula is C12H5I4N. The highest BCUT2D eigenvalue weighted by Gasteiger charge is 2.09. The summed E-state index contributed by atoms with van der Waals surface area (Å²) in [5.74, 6) is 0. The molecule has 0 aliphatic carbocycles. The molecule has 0 fully saturated rings. The van der Waals surface area contributed by atoms with Crippen LogP contribution >= 0.6 is 90.4 Å². The smallest absolute Gasteiger partial charge is 0.0476 e. The van der Waals surface area contributed by atoms with Crippen LogP contribution in [0.4, 0.5) is 0 Å². The fraction of sp³-hybridized carbons (Fsp3) is 0. The molecule has 86 valence electrons. The van der Waals surface area contributed by atoms with Crippen LogP contribution in [0.5, 0.6) is 0 Å². The number of benzene rings is 2. The van der Waals surface area contributed by atoms with Crippen molar-refractivity contribution in [3.8, 4) is 0 Å². The number of hydrogen-bond acceptors (Lipinski definition) is 0. The van der Waals surface area contributed by atoms with Crippen molar-refractivity contribution in [3.05, 3.63) is 38.5 Å². The minimum atomic E-state index is 1.22. The maximum atomic E-state index is 3.50. The quantitative estimate of drug-likeness (QED) is 0.294. The van der Waals surface area contributed by atoms with E-state index < -0.39 is 0 Å². The molecule has 3 aromatic rings. The molecular weight excluding hydrogens is 666 g/mol. The van der Waals surface area contributed by atoms with Crippen LogP contribution < -0.4 is 0 Å². The first-order valence-electron chi connectivity index (χ1n) is 4.82. The maximum absolute atomic E-state index is 3.50. The van der Waals surface area contributed by atoms with Crippen molar-refractivity contribution in [3.63, 3.8) is 0 Å². The molecule has 0 aliphatic heterocycles. The largest absolute Gasteiger partial charge is 0.354 e. The zero-order valence-corrected chi connectivity index (χ0v) is 17.0. The van der Waals surface area contributed by atoms with Gasteiger partial charge in [0.1, 0.15) is 0 Å². The first-order valence-corrected chi connectivity index (χ1v) is 9.13. The average molecular weight is 671 g/mol. The van der Waals surface area contributed by atoms with Crippen molar-refractivity contribution in [2.75, 3.05) is 0 Å². The highest BCUT2D eigenvalue weighted by Crippen LogP contribution is 2.32. The van der Waals surface area contributed by atoms with Crippen molar-refractivity contribution >= 4 is 112 Å². The molecule has 0 saturated carbocycles. The molecule has 0 spiro atoms. The van der Waals surface area contributed by atoms with E-state index in [0.29, 0.717) is 0 Å². The number of fused-ring (bicyclic) bond motifs is 3. The van der Waals surface area contributed by atoms with E-state index in [1.807, 2.05) is 0 Å². The summed E-state index contributed by atoms with van der Waals surface area (Å²) in [5, 5.41) is 2.64. The lowest BCUT2D eigenvalue weighted by molar-refractivity contribution is 1.51. The highest BCUT2D eigenvalue weighted by atomic mass is 127. The van der Waals surface area contributed by atoms with Crippen LogP contribution in [-0.2, 0) is 0 Å². The number of halogens is 4. The fourth-order valence-corrected chi connectivity index (χ4v) is 3.76. The van der Waals surface area contributed by atoms with E-state index in [2.05, 4.69) is 120 Å². The summed E-state index contributed by atoms with van der Waals surface area (Å²) in [6.45, 7) is 0. The van der Waals surface area contributed by atoms with Gasteiger partial charge < -0.3 is 4.98 Å². The molecule has 0 atom stereocenters. The van der Waals surface area contributed by atoms with Crippen LogP contribution in [0.2, 0.25) is 0 Å². The molecule has 1 aromatic heterocycles. The van der Waals surface area contributed by atoms with E-state index >= 15 is 0 Å². The van der Waals surface area contributed by atoms with Crippen LogP contribution in [0.25, 0.3) is 21.8 Å². The second kappa shape index (κ2) is 4.93. The predicted octanol–water partition coefficient (Wildman–Crippen LogP) is 5.74. The molecule has 0 saturated heterocycles. The molecule has 17 heavy (non-hydrogen) atoms. The van der Waals surface area contributed by atoms with E-state index in [9.17, 15) is 0 Å². The fourth-order valence-electron chi connectivity index (χ4n) is 1.89. The molecule has 1 nitrogen and oxygen atoms in total. The maximum Gasteiger partial charge on any atom is 0.0476 e. The van der Waals surface area contributed by atoms with E-state index in [1.54, 1.807) is 0 Å². The Morgan fingerprint density at radius 2 is 0.941 bits per heavy atom. The summed E-state index contributed by atoms with van der Waals surface area (Å²) in [6, 6.07) is 8.97. The minimum Gasteiger partial charge on any atom is -0.354 e. The second-order valence-electron chi connectivity index (χ2n) is 3.75. The number of aromatic amines is 1. The topological polar surface area (TPSA) is 15.8 Å². The summed E-state index contributed by atoms with van der Waals surface area (Å²) in [6.07, 6.45) is 0. The lowest BCUT2D eigenvalue weighted by Crippen LogP contribution is -1.79. The SMILES string of the molecule is Ic1cc2[nH]c3cc(I)c(I)cc3c2cc1I. The molecule has 0 unspecified atom stereocenters. The number of rotatable bonds is 0. The van der Waals surface area contributed by atoms with Crippen molar-refractivity contribution in [1.82, 2.24) is 4.98 Å². The van der Waals surface area contributed by atoms with Gasteiger partial charge in [-0.15, -0.1) is 0 Å². The van der Waals surface area contributed by atoms with Gasteiger partial charge in [0.25, 0.3) is 0 Å². The van der Waals surface area contributed by atoms with Crippen molar-refractivity contribution in [1.29, 1.82) is 0 Å². The Hall–Kier alpha value is 1.16. The molecule has 1 N–H and O–H groups in total. The normalized spacial score (nSPS) is 11.5.